The van der Waals surface area contributed by atoms with Crippen molar-refractivity contribution in [2.45, 2.75) is 31.7 Å². The van der Waals surface area contributed by atoms with E-state index < -0.39 is 10.0 Å². The van der Waals surface area contributed by atoms with E-state index in [4.69, 9.17) is 0 Å². The molecule has 6 heteroatoms. The summed E-state index contributed by atoms with van der Waals surface area (Å²) in [7, 11) is -3.51. The van der Waals surface area contributed by atoms with E-state index >= 15 is 0 Å². The molecule has 0 radical (unpaired) electrons. The second kappa shape index (κ2) is 6.11. The molecule has 0 aliphatic carbocycles. The van der Waals surface area contributed by atoms with Crippen LogP contribution in [-0.2, 0) is 23.0 Å². The van der Waals surface area contributed by atoms with Gasteiger partial charge in [-0.2, -0.15) is 10.2 Å². The molecular formula is C14H17N3O2S. The van der Waals surface area contributed by atoms with E-state index in [0.717, 1.165) is 17.7 Å². The van der Waals surface area contributed by atoms with Crippen molar-refractivity contribution >= 4 is 10.0 Å². The third kappa shape index (κ3) is 3.61. The SMILES string of the molecule is CCc1ccc(S(=O)(=O)NCc2ccc(C)nn2)cc1. The van der Waals surface area contributed by atoms with Gasteiger partial charge in [0.25, 0.3) is 0 Å². The summed E-state index contributed by atoms with van der Waals surface area (Å²) in [4.78, 5) is 0.259. The van der Waals surface area contributed by atoms with Crippen molar-refractivity contribution in [1.82, 2.24) is 14.9 Å². The summed E-state index contributed by atoms with van der Waals surface area (Å²) in [6.07, 6.45) is 0.882. The number of nitrogens with one attached hydrogen (secondary N) is 1. The van der Waals surface area contributed by atoms with Crippen molar-refractivity contribution in [3.63, 3.8) is 0 Å². The van der Waals surface area contributed by atoms with Gasteiger partial charge in [0.05, 0.1) is 22.8 Å². The van der Waals surface area contributed by atoms with Gasteiger partial charge < -0.3 is 0 Å². The number of hydrogen-bond donors (Lipinski definition) is 1. The van der Waals surface area contributed by atoms with Crippen LogP contribution in [0.15, 0.2) is 41.3 Å². The van der Waals surface area contributed by atoms with Gasteiger partial charge in [-0.25, -0.2) is 13.1 Å². The summed E-state index contributed by atoms with van der Waals surface area (Å²) in [6, 6.07) is 10.4. The van der Waals surface area contributed by atoms with Gasteiger partial charge in [-0.15, -0.1) is 0 Å². The average molecular weight is 291 g/mol. The average Bonchev–Trinajstić information content (AvgIpc) is 2.47. The van der Waals surface area contributed by atoms with Crippen LogP contribution in [0.3, 0.4) is 0 Å². The first-order chi connectivity index (χ1) is 9.51. The molecule has 0 bridgehead atoms. The molecule has 0 fully saturated rings. The van der Waals surface area contributed by atoms with Gasteiger partial charge in [0, 0.05) is 0 Å². The Balaban J connectivity index is 2.08. The Morgan fingerprint density at radius 1 is 1.05 bits per heavy atom. The summed E-state index contributed by atoms with van der Waals surface area (Å²) in [5, 5.41) is 7.82. The van der Waals surface area contributed by atoms with Gasteiger partial charge in [0.1, 0.15) is 0 Å². The Morgan fingerprint density at radius 3 is 2.30 bits per heavy atom. The molecule has 0 unspecified atom stereocenters. The molecule has 20 heavy (non-hydrogen) atoms. The van der Waals surface area contributed by atoms with Crippen LogP contribution in [0.25, 0.3) is 0 Å². The van der Waals surface area contributed by atoms with E-state index in [2.05, 4.69) is 14.9 Å². The lowest BCUT2D eigenvalue weighted by Gasteiger charge is -2.07. The van der Waals surface area contributed by atoms with Crippen LogP contribution in [0.4, 0.5) is 0 Å². The predicted molar refractivity (Wildman–Crippen MR) is 76.6 cm³/mol. The third-order valence-corrected chi connectivity index (χ3v) is 4.36. The highest BCUT2D eigenvalue weighted by molar-refractivity contribution is 7.89. The molecule has 2 rings (SSSR count). The van der Waals surface area contributed by atoms with Crippen molar-refractivity contribution in [1.29, 1.82) is 0 Å². The zero-order chi connectivity index (χ0) is 14.6. The molecule has 0 atom stereocenters. The van der Waals surface area contributed by atoms with E-state index in [1.54, 1.807) is 24.3 Å². The van der Waals surface area contributed by atoms with Crippen LogP contribution in [0, 0.1) is 6.92 Å². The number of benzene rings is 1. The lowest BCUT2D eigenvalue weighted by atomic mass is 10.2. The minimum atomic E-state index is -3.51. The summed E-state index contributed by atoms with van der Waals surface area (Å²) in [6.45, 7) is 3.99. The van der Waals surface area contributed by atoms with E-state index in [1.807, 2.05) is 26.0 Å². The topological polar surface area (TPSA) is 72.0 Å². The molecule has 5 nitrogen and oxygen atoms in total. The summed E-state index contributed by atoms with van der Waals surface area (Å²) in [5.41, 5.74) is 2.49. The van der Waals surface area contributed by atoms with E-state index in [0.29, 0.717) is 5.69 Å². The fourth-order valence-corrected chi connectivity index (χ4v) is 2.68. The molecule has 0 amide bonds. The number of nitrogens with zero attached hydrogens (tertiary/aromatic N) is 2. The van der Waals surface area contributed by atoms with Gasteiger partial charge in [-0.1, -0.05) is 19.1 Å². The zero-order valence-electron chi connectivity index (χ0n) is 11.5. The number of aromatic nitrogens is 2. The highest BCUT2D eigenvalue weighted by Gasteiger charge is 2.13. The van der Waals surface area contributed by atoms with Gasteiger partial charge in [0.15, 0.2) is 0 Å². The first-order valence-electron chi connectivity index (χ1n) is 6.39. The Morgan fingerprint density at radius 2 is 1.75 bits per heavy atom. The molecule has 2 aromatic rings. The van der Waals surface area contributed by atoms with E-state index in [-0.39, 0.29) is 11.4 Å². The Labute approximate surface area is 119 Å². The highest BCUT2D eigenvalue weighted by Crippen LogP contribution is 2.11. The second-order valence-electron chi connectivity index (χ2n) is 4.49. The lowest BCUT2D eigenvalue weighted by molar-refractivity contribution is 0.580. The third-order valence-electron chi connectivity index (χ3n) is 2.94. The molecule has 0 aliphatic rings. The van der Waals surface area contributed by atoms with E-state index in [9.17, 15) is 8.42 Å². The first-order valence-corrected chi connectivity index (χ1v) is 7.87. The van der Waals surface area contributed by atoms with Crippen LogP contribution >= 0.6 is 0 Å². The van der Waals surface area contributed by atoms with Crippen LogP contribution in [0.5, 0.6) is 0 Å². The maximum Gasteiger partial charge on any atom is 0.240 e. The summed E-state index contributed by atoms with van der Waals surface area (Å²) in [5.74, 6) is 0. The second-order valence-corrected chi connectivity index (χ2v) is 6.26. The molecular weight excluding hydrogens is 274 g/mol. The van der Waals surface area contributed by atoms with Gasteiger partial charge >= 0.3 is 0 Å². The largest absolute Gasteiger partial charge is 0.240 e. The smallest absolute Gasteiger partial charge is 0.207 e. The number of rotatable bonds is 5. The maximum atomic E-state index is 12.1. The van der Waals surface area contributed by atoms with Crippen LogP contribution in [0.2, 0.25) is 0 Å². The Bertz CT molecular complexity index is 665. The summed E-state index contributed by atoms with van der Waals surface area (Å²) < 4.78 is 26.7. The Kier molecular flexibility index (Phi) is 4.46. The fourth-order valence-electron chi connectivity index (χ4n) is 1.68. The quantitative estimate of drug-likeness (QED) is 0.912. The molecule has 0 aliphatic heterocycles. The molecule has 0 saturated heterocycles. The van der Waals surface area contributed by atoms with Crippen molar-refractivity contribution in [2.24, 2.45) is 0 Å². The van der Waals surface area contributed by atoms with Crippen molar-refractivity contribution in [3.05, 3.63) is 53.3 Å². The molecule has 0 saturated carbocycles. The van der Waals surface area contributed by atoms with Crippen molar-refractivity contribution < 1.29 is 8.42 Å². The van der Waals surface area contributed by atoms with Crippen LogP contribution < -0.4 is 4.72 Å². The van der Waals surface area contributed by atoms with Gasteiger partial charge in [0.2, 0.25) is 10.0 Å². The lowest BCUT2D eigenvalue weighted by Crippen LogP contribution is -2.23. The molecule has 106 valence electrons. The minimum absolute atomic E-state index is 0.130. The first kappa shape index (κ1) is 14.6. The highest BCUT2D eigenvalue weighted by atomic mass is 32.2. The normalized spacial score (nSPS) is 11.5. The van der Waals surface area contributed by atoms with E-state index in [1.165, 1.54) is 0 Å². The van der Waals surface area contributed by atoms with Crippen molar-refractivity contribution in [3.8, 4) is 0 Å². The monoisotopic (exact) mass is 291 g/mol. The molecule has 1 aromatic heterocycles. The minimum Gasteiger partial charge on any atom is -0.207 e. The van der Waals surface area contributed by atoms with Gasteiger partial charge in [-0.3, -0.25) is 0 Å². The molecule has 0 spiro atoms. The molecule has 1 heterocycles. The van der Waals surface area contributed by atoms with Gasteiger partial charge in [-0.05, 0) is 43.2 Å². The van der Waals surface area contributed by atoms with Crippen molar-refractivity contribution in [2.75, 3.05) is 0 Å². The molecule has 1 aromatic carbocycles. The van der Waals surface area contributed by atoms with Crippen LogP contribution in [-0.4, -0.2) is 18.6 Å². The van der Waals surface area contributed by atoms with Crippen LogP contribution in [0.1, 0.15) is 23.9 Å². The number of aryl methyl sites for hydroxylation is 2. The maximum absolute atomic E-state index is 12.1. The zero-order valence-corrected chi connectivity index (χ0v) is 12.3. The number of hydrogen-bond acceptors (Lipinski definition) is 4. The predicted octanol–water partition coefficient (Wildman–Crippen LogP) is 1.83. The standard InChI is InChI=1S/C14H17N3O2S/c1-3-12-5-8-14(9-6-12)20(18,19)15-10-13-7-4-11(2)16-17-13/h4-9,15H,3,10H2,1-2H3. The fraction of sp³-hybridized carbons (Fsp3) is 0.286. The summed E-state index contributed by atoms with van der Waals surface area (Å²) >= 11 is 0. The Hall–Kier alpha value is -1.79. The molecule has 1 N–H and O–H groups in total. The number of sulfonamides is 1.